The smallest absolute Gasteiger partial charge is 0.268 e. The fourth-order valence-corrected chi connectivity index (χ4v) is 4.56. The summed E-state index contributed by atoms with van der Waals surface area (Å²) in [6, 6.07) is 26.3. The Bertz CT molecular complexity index is 1170. The predicted octanol–water partition coefficient (Wildman–Crippen LogP) is 4.76. The molecule has 0 radical (unpaired) electrons. The molecule has 1 aliphatic rings. The van der Waals surface area contributed by atoms with E-state index in [9.17, 15) is 14.4 Å². The minimum atomic E-state index is -0.295. The van der Waals surface area contributed by atoms with E-state index in [1.807, 2.05) is 60.7 Å². The van der Waals surface area contributed by atoms with Crippen molar-refractivity contribution in [3.05, 3.63) is 101 Å². The lowest BCUT2D eigenvalue weighted by Gasteiger charge is -2.15. The number of carbonyl (C=O) groups is 3. The lowest BCUT2D eigenvalue weighted by Crippen LogP contribution is -2.33. The van der Waals surface area contributed by atoms with Crippen LogP contribution in [0.3, 0.4) is 0 Å². The Hall–Kier alpha value is -3.64. The molecule has 5 nitrogen and oxygen atoms in total. The Balaban J connectivity index is 1.65. The molecule has 0 saturated carbocycles. The van der Waals surface area contributed by atoms with Crippen LogP contribution < -0.4 is 5.32 Å². The van der Waals surface area contributed by atoms with E-state index in [2.05, 4.69) is 5.32 Å². The molecule has 4 rings (SSSR count). The summed E-state index contributed by atoms with van der Waals surface area (Å²) in [4.78, 5) is 40.6. The molecule has 0 atom stereocenters. The standard InChI is InChI=1S/C26H22N2O3S/c1-18(29)27-21-14-12-20(13-15-21)23-24(32-22-10-6-3-7-11-22)26(31)28(25(23)30)17-16-19-8-4-2-5-9-19/h2-15H,16-17H2,1H3,(H,27,29). The fourth-order valence-electron chi connectivity index (χ4n) is 3.52. The van der Waals surface area contributed by atoms with Gasteiger partial charge in [0.1, 0.15) is 0 Å². The molecule has 1 heterocycles. The van der Waals surface area contributed by atoms with E-state index >= 15 is 0 Å². The van der Waals surface area contributed by atoms with Gasteiger partial charge in [0.05, 0.1) is 10.5 Å². The van der Waals surface area contributed by atoms with Crippen LogP contribution in [0, 0.1) is 0 Å². The van der Waals surface area contributed by atoms with Crippen LogP contribution in [-0.2, 0) is 20.8 Å². The van der Waals surface area contributed by atoms with Gasteiger partial charge in [0.25, 0.3) is 11.8 Å². The maximum absolute atomic E-state index is 13.4. The lowest BCUT2D eigenvalue weighted by atomic mass is 10.1. The average Bonchev–Trinajstić information content (AvgIpc) is 3.03. The third kappa shape index (κ3) is 4.81. The van der Waals surface area contributed by atoms with Gasteiger partial charge < -0.3 is 5.32 Å². The van der Waals surface area contributed by atoms with Gasteiger partial charge in [-0.3, -0.25) is 19.3 Å². The zero-order chi connectivity index (χ0) is 22.5. The molecule has 0 aliphatic carbocycles. The predicted molar refractivity (Wildman–Crippen MR) is 127 cm³/mol. The summed E-state index contributed by atoms with van der Waals surface area (Å²) >= 11 is 1.30. The summed E-state index contributed by atoms with van der Waals surface area (Å²) in [6.07, 6.45) is 0.594. The van der Waals surface area contributed by atoms with Crippen molar-refractivity contribution in [2.24, 2.45) is 0 Å². The van der Waals surface area contributed by atoms with E-state index in [0.717, 1.165) is 10.5 Å². The zero-order valence-corrected chi connectivity index (χ0v) is 18.4. The second-order valence-corrected chi connectivity index (χ2v) is 8.46. The van der Waals surface area contributed by atoms with Crippen molar-refractivity contribution in [2.75, 3.05) is 11.9 Å². The zero-order valence-electron chi connectivity index (χ0n) is 17.6. The molecule has 6 heteroatoms. The first-order valence-corrected chi connectivity index (χ1v) is 11.1. The highest BCUT2D eigenvalue weighted by Crippen LogP contribution is 2.39. The number of benzene rings is 3. The molecule has 3 amide bonds. The van der Waals surface area contributed by atoms with Gasteiger partial charge in [-0.05, 0) is 41.8 Å². The third-order valence-electron chi connectivity index (χ3n) is 5.05. The van der Waals surface area contributed by atoms with Gasteiger partial charge in [0.15, 0.2) is 0 Å². The highest BCUT2D eigenvalue weighted by molar-refractivity contribution is 8.04. The molecule has 3 aromatic rings. The van der Waals surface area contributed by atoms with Gasteiger partial charge in [0.2, 0.25) is 5.91 Å². The molecule has 1 N–H and O–H groups in total. The molecular weight excluding hydrogens is 420 g/mol. The average molecular weight is 443 g/mol. The fraction of sp³-hybridized carbons (Fsp3) is 0.115. The molecule has 160 valence electrons. The van der Waals surface area contributed by atoms with Gasteiger partial charge in [-0.1, -0.05) is 72.4 Å². The van der Waals surface area contributed by atoms with Crippen LogP contribution in [0.1, 0.15) is 18.1 Å². The number of imide groups is 1. The SMILES string of the molecule is CC(=O)Nc1ccc(C2=C(Sc3ccccc3)C(=O)N(CCc3ccccc3)C2=O)cc1. The van der Waals surface area contributed by atoms with Crippen LogP contribution >= 0.6 is 11.8 Å². The van der Waals surface area contributed by atoms with E-state index in [1.54, 1.807) is 24.3 Å². The van der Waals surface area contributed by atoms with Gasteiger partial charge >= 0.3 is 0 Å². The minimum Gasteiger partial charge on any atom is -0.326 e. The Kier molecular flexibility index (Phi) is 6.52. The van der Waals surface area contributed by atoms with Gasteiger partial charge in [-0.2, -0.15) is 0 Å². The number of rotatable bonds is 7. The number of thioether (sulfide) groups is 1. The maximum Gasteiger partial charge on any atom is 0.268 e. The molecule has 0 bridgehead atoms. The van der Waals surface area contributed by atoms with Crippen molar-refractivity contribution >= 4 is 40.7 Å². The number of nitrogens with one attached hydrogen (secondary N) is 1. The number of nitrogens with zero attached hydrogens (tertiary/aromatic N) is 1. The number of hydrogen-bond donors (Lipinski definition) is 1. The van der Waals surface area contributed by atoms with Gasteiger partial charge in [-0.25, -0.2) is 0 Å². The molecule has 0 spiro atoms. The van der Waals surface area contributed by atoms with E-state index in [4.69, 9.17) is 0 Å². The number of anilines is 1. The first-order chi connectivity index (χ1) is 15.5. The summed E-state index contributed by atoms with van der Waals surface area (Å²) in [5.74, 6) is -0.742. The van der Waals surface area contributed by atoms with E-state index in [1.165, 1.54) is 23.6 Å². The Morgan fingerprint density at radius 3 is 2.09 bits per heavy atom. The topological polar surface area (TPSA) is 66.5 Å². The molecule has 3 aromatic carbocycles. The number of carbonyl (C=O) groups excluding carboxylic acids is 3. The van der Waals surface area contributed by atoms with E-state index in [-0.39, 0.29) is 17.7 Å². The Labute approximate surface area is 191 Å². The normalized spacial score (nSPS) is 13.6. The van der Waals surface area contributed by atoms with Crippen molar-refractivity contribution in [1.29, 1.82) is 0 Å². The van der Waals surface area contributed by atoms with E-state index in [0.29, 0.717) is 34.7 Å². The summed E-state index contributed by atoms with van der Waals surface area (Å²) in [5.41, 5.74) is 2.75. The summed E-state index contributed by atoms with van der Waals surface area (Å²) in [7, 11) is 0. The Morgan fingerprint density at radius 1 is 0.844 bits per heavy atom. The summed E-state index contributed by atoms with van der Waals surface area (Å²) in [5, 5.41) is 2.72. The van der Waals surface area contributed by atoms with Crippen LogP contribution in [0.5, 0.6) is 0 Å². The van der Waals surface area contributed by atoms with Crippen molar-refractivity contribution in [3.8, 4) is 0 Å². The molecule has 0 saturated heterocycles. The van der Waals surface area contributed by atoms with E-state index < -0.39 is 0 Å². The van der Waals surface area contributed by atoms with Crippen molar-refractivity contribution in [1.82, 2.24) is 4.90 Å². The van der Waals surface area contributed by atoms with Gasteiger partial charge in [0, 0.05) is 24.1 Å². The Morgan fingerprint density at radius 2 is 1.47 bits per heavy atom. The quantitative estimate of drug-likeness (QED) is 0.536. The van der Waals surface area contributed by atoms with Crippen LogP contribution in [0.2, 0.25) is 0 Å². The van der Waals surface area contributed by atoms with Crippen LogP contribution in [0.15, 0.2) is 94.7 Å². The lowest BCUT2D eigenvalue weighted by molar-refractivity contribution is -0.136. The third-order valence-corrected chi connectivity index (χ3v) is 6.14. The van der Waals surface area contributed by atoms with Crippen LogP contribution in [0.25, 0.3) is 5.57 Å². The first-order valence-electron chi connectivity index (χ1n) is 10.3. The van der Waals surface area contributed by atoms with Crippen LogP contribution in [0.4, 0.5) is 5.69 Å². The highest BCUT2D eigenvalue weighted by atomic mass is 32.2. The molecule has 1 aliphatic heterocycles. The minimum absolute atomic E-state index is 0.170. The molecule has 32 heavy (non-hydrogen) atoms. The molecular formula is C26H22N2O3S. The second kappa shape index (κ2) is 9.66. The monoisotopic (exact) mass is 442 g/mol. The second-order valence-electron chi connectivity index (χ2n) is 7.38. The molecule has 0 aromatic heterocycles. The van der Waals surface area contributed by atoms with Crippen molar-refractivity contribution in [2.45, 2.75) is 18.2 Å². The highest BCUT2D eigenvalue weighted by Gasteiger charge is 2.39. The number of hydrogen-bond acceptors (Lipinski definition) is 4. The summed E-state index contributed by atoms with van der Waals surface area (Å²) in [6.45, 7) is 1.75. The van der Waals surface area contributed by atoms with Crippen molar-refractivity contribution < 1.29 is 14.4 Å². The molecule has 0 fully saturated rings. The van der Waals surface area contributed by atoms with Crippen molar-refractivity contribution in [3.63, 3.8) is 0 Å². The van der Waals surface area contributed by atoms with Gasteiger partial charge in [-0.15, -0.1) is 0 Å². The number of amides is 3. The largest absolute Gasteiger partial charge is 0.326 e. The maximum atomic E-state index is 13.4. The summed E-state index contributed by atoms with van der Waals surface area (Å²) < 4.78 is 0. The molecule has 0 unspecified atom stereocenters. The van der Waals surface area contributed by atoms with Crippen LogP contribution in [-0.4, -0.2) is 29.2 Å². The first kappa shape index (κ1) is 21.6.